The fraction of sp³-hybridized carbons (Fsp3) is 0.778. The number of thioether (sulfide) groups is 1. The van der Waals surface area contributed by atoms with E-state index in [1.54, 1.807) is 0 Å². The summed E-state index contributed by atoms with van der Waals surface area (Å²) in [6, 6.07) is 2.79. The highest BCUT2D eigenvalue weighted by Crippen LogP contribution is 2.41. The first-order valence-corrected chi connectivity index (χ1v) is 10.7. The molecule has 0 unspecified atom stereocenters. The zero-order valence-electron chi connectivity index (χ0n) is 15.1. The molecule has 2 aliphatic carbocycles. The molecule has 1 amide bonds. The summed E-state index contributed by atoms with van der Waals surface area (Å²) in [7, 11) is 0. The van der Waals surface area contributed by atoms with Crippen molar-refractivity contribution in [2.75, 3.05) is 23.7 Å². The smallest absolute Gasteiger partial charge is 0.231 e. The molecule has 1 aromatic heterocycles. The van der Waals surface area contributed by atoms with E-state index in [0.29, 0.717) is 6.04 Å². The molecule has 0 radical (unpaired) electrons. The highest BCUT2D eigenvalue weighted by molar-refractivity contribution is 7.99. The van der Waals surface area contributed by atoms with Crippen molar-refractivity contribution < 1.29 is 4.79 Å². The fourth-order valence-electron chi connectivity index (χ4n) is 4.01. The van der Waals surface area contributed by atoms with E-state index < -0.39 is 5.54 Å². The molecular weight excluding hydrogens is 348 g/mol. The van der Waals surface area contributed by atoms with E-state index in [1.807, 2.05) is 0 Å². The molecule has 1 aromatic rings. The van der Waals surface area contributed by atoms with Gasteiger partial charge in [-0.15, -0.1) is 10.2 Å². The Balaban J connectivity index is 1.41. The fourth-order valence-corrected chi connectivity index (χ4v) is 4.81. The SMILES string of the molecule is N#CC1(NC(=O)CSc2nnc(N3CCCCC3)n2C2CC2)CCCC1. The molecular formula is C18H26N6OS. The molecule has 2 heterocycles. The molecule has 0 atom stereocenters. The summed E-state index contributed by atoms with van der Waals surface area (Å²) in [6.45, 7) is 2.08. The number of amides is 1. The van der Waals surface area contributed by atoms with Crippen LogP contribution in [-0.4, -0.2) is 45.1 Å². The average Bonchev–Trinajstić information content (AvgIpc) is 3.25. The maximum absolute atomic E-state index is 12.4. The number of nitrogens with zero attached hydrogens (tertiary/aromatic N) is 5. The third kappa shape index (κ3) is 3.68. The molecule has 0 bridgehead atoms. The highest BCUT2D eigenvalue weighted by Gasteiger charge is 2.36. The lowest BCUT2D eigenvalue weighted by Crippen LogP contribution is -2.45. The minimum atomic E-state index is -0.652. The van der Waals surface area contributed by atoms with Crippen LogP contribution in [0, 0.1) is 11.3 Å². The summed E-state index contributed by atoms with van der Waals surface area (Å²) in [4.78, 5) is 14.7. The molecule has 26 heavy (non-hydrogen) atoms. The van der Waals surface area contributed by atoms with Crippen molar-refractivity contribution in [1.82, 2.24) is 20.1 Å². The lowest BCUT2D eigenvalue weighted by Gasteiger charge is -2.27. The molecule has 0 aromatic carbocycles. The molecule has 3 fully saturated rings. The molecule has 0 spiro atoms. The summed E-state index contributed by atoms with van der Waals surface area (Å²) < 4.78 is 2.24. The number of aromatic nitrogens is 3. The second kappa shape index (κ2) is 7.47. The van der Waals surface area contributed by atoms with Crippen LogP contribution < -0.4 is 10.2 Å². The first-order valence-electron chi connectivity index (χ1n) is 9.76. The van der Waals surface area contributed by atoms with Crippen LogP contribution in [0.2, 0.25) is 0 Å². The molecule has 1 N–H and O–H groups in total. The minimum absolute atomic E-state index is 0.0803. The Labute approximate surface area is 158 Å². The molecule has 4 rings (SSSR count). The zero-order chi connectivity index (χ0) is 18.0. The van der Waals surface area contributed by atoms with E-state index in [2.05, 4.69) is 31.1 Å². The van der Waals surface area contributed by atoms with Gasteiger partial charge in [0.05, 0.1) is 11.8 Å². The summed E-state index contributed by atoms with van der Waals surface area (Å²) in [5.74, 6) is 1.18. The molecule has 2 saturated carbocycles. The largest absolute Gasteiger partial charge is 0.341 e. The number of hydrogen-bond donors (Lipinski definition) is 1. The van der Waals surface area contributed by atoms with Gasteiger partial charge in [0.25, 0.3) is 0 Å². The van der Waals surface area contributed by atoms with Gasteiger partial charge in [-0.1, -0.05) is 11.8 Å². The molecule has 1 aliphatic heterocycles. The topological polar surface area (TPSA) is 86.8 Å². The monoisotopic (exact) mass is 374 g/mol. The van der Waals surface area contributed by atoms with Crippen LogP contribution in [0.5, 0.6) is 0 Å². The summed E-state index contributed by atoms with van der Waals surface area (Å²) in [5.41, 5.74) is -0.652. The Kier molecular flexibility index (Phi) is 5.07. The van der Waals surface area contributed by atoms with Crippen molar-refractivity contribution >= 4 is 23.6 Å². The standard InChI is InChI=1S/C18H26N6OS/c19-13-18(8-2-3-9-18)20-15(25)12-26-17-22-21-16(24(17)14-6-7-14)23-10-4-1-5-11-23/h14H,1-12H2,(H,20,25). The van der Waals surface area contributed by atoms with Crippen molar-refractivity contribution in [2.24, 2.45) is 0 Å². The number of piperidine rings is 1. The number of nitrogens with one attached hydrogen (secondary N) is 1. The van der Waals surface area contributed by atoms with E-state index in [0.717, 1.165) is 62.7 Å². The summed E-state index contributed by atoms with van der Waals surface area (Å²) >= 11 is 1.44. The van der Waals surface area contributed by atoms with Crippen LogP contribution in [0.3, 0.4) is 0 Å². The van der Waals surface area contributed by atoms with Gasteiger partial charge in [0.2, 0.25) is 11.9 Å². The predicted molar refractivity (Wildman–Crippen MR) is 100 cm³/mol. The van der Waals surface area contributed by atoms with Crippen molar-refractivity contribution in [3.63, 3.8) is 0 Å². The van der Waals surface area contributed by atoms with Crippen LogP contribution in [0.25, 0.3) is 0 Å². The maximum Gasteiger partial charge on any atom is 0.231 e. The van der Waals surface area contributed by atoms with Crippen LogP contribution in [-0.2, 0) is 4.79 Å². The number of hydrogen-bond acceptors (Lipinski definition) is 6. The van der Waals surface area contributed by atoms with Crippen LogP contribution in [0.1, 0.15) is 63.8 Å². The number of carbonyl (C=O) groups is 1. The second-order valence-corrected chi connectivity index (χ2v) is 8.61. The number of rotatable bonds is 6. The van der Waals surface area contributed by atoms with Gasteiger partial charge < -0.3 is 10.2 Å². The Morgan fingerprint density at radius 3 is 2.58 bits per heavy atom. The van der Waals surface area contributed by atoms with Crippen LogP contribution >= 0.6 is 11.8 Å². The summed E-state index contributed by atoms with van der Waals surface area (Å²) in [6.07, 6.45) is 9.57. The van der Waals surface area contributed by atoms with E-state index in [4.69, 9.17) is 0 Å². The number of nitriles is 1. The van der Waals surface area contributed by atoms with Gasteiger partial charge in [0.15, 0.2) is 5.16 Å². The molecule has 8 heteroatoms. The number of carbonyl (C=O) groups excluding carboxylic acids is 1. The zero-order valence-corrected chi connectivity index (χ0v) is 15.9. The van der Waals surface area contributed by atoms with Gasteiger partial charge in [0.1, 0.15) is 5.54 Å². The molecule has 3 aliphatic rings. The summed E-state index contributed by atoms with van der Waals surface area (Å²) in [5, 5.41) is 22.0. The minimum Gasteiger partial charge on any atom is -0.341 e. The quantitative estimate of drug-likeness (QED) is 0.770. The Morgan fingerprint density at radius 1 is 1.19 bits per heavy atom. The normalized spacial score (nSPS) is 22.2. The third-order valence-corrected chi connectivity index (χ3v) is 6.52. The Hall–Kier alpha value is -1.75. The Morgan fingerprint density at radius 2 is 1.92 bits per heavy atom. The van der Waals surface area contributed by atoms with Crippen molar-refractivity contribution in [2.45, 2.75) is 74.5 Å². The van der Waals surface area contributed by atoms with E-state index in [1.165, 1.54) is 31.0 Å². The lowest BCUT2D eigenvalue weighted by molar-refractivity contribution is -0.119. The van der Waals surface area contributed by atoms with Gasteiger partial charge in [-0.2, -0.15) is 5.26 Å². The van der Waals surface area contributed by atoms with Crippen LogP contribution in [0.4, 0.5) is 5.95 Å². The van der Waals surface area contributed by atoms with Crippen molar-refractivity contribution in [3.8, 4) is 6.07 Å². The molecule has 7 nitrogen and oxygen atoms in total. The predicted octanol–water partition coefficient (Wildman–Crippen LogP) is 2.65. The number of anilines is 1. The van der Waals surface area contributed by atoms with E-state index in [9.17, 15) is 10.1 Å². The average molecular weight is 375 g/mol. The van der Waals surface area contributed by atoms with Gasteiger partial charge in [-0.3, -0.25) is 9.36 Å². The third-order valence-electron chi connectivity index (χ3n) is 5.58. The van der Waals surface area contributed by atoms with E-state index >= 15 is 0 Å². The van der Waals surface area contributed by atoms with Gasteiger partial charge in [-0.25, -0.2) is 0 Å². The van der Waals surface area contributed by atoms with Gasteiger partial charge >= 0.3 is 0 Å². The Bertz CT molecular complexity index is 695. The highest BCUT2D eigenvalue weighted by atomic mass is 32.2. The molecule has 1 saturated heterocycles. The first kappa shape index (κ1) is 17.7. The molecule has 140 valence electrons. The van der Waals surface area contributed by atoms with Gasteiger partial charge in [-0.05, 0) is 57.8 Å². The van der Waals surface area contributed by atoms with Crippen molar-refractivity contribution in [3.05, 3.63) is 0 Å². The maximum atomic E-state index is 12.4. The van der Waals surface area contributed by atoms with E-state index in [-0.39, 0.29) is 11.7 Å². The lowest BCUT2D eigenvalue weighted by atomic mass is 10.0. The second-order valence-electron chi connectivity index (χ2n) is 7.67. The van der Waals surface area contributed by atoms with Crippen molar-refractivity contribution in [1.29, 1.82) is 5.26 Å². The van der Waals surface area contributed by atoms with Gasteiger partial charge in [0, 0.05) is 19.1 Å². The van der Waals surface area contributed by atoms with Crippen LogP contribution in [0.15, 0.2) is 5.16 Å². The first-order chi connectivity index (χ1) is 12.7.